The standard InChI is InChI=1S/C11H15FO2/c1-7-6-9(4-5-10(7)12)11(13)8(2)14-3/h4-6,8,11,13H,1-3H3. The lowest BCUT2D eigenvalue weighted by Crippen LogP contribution is -2.16. The zero-order valence-electron chi connectivity index (χ0n) is 8.62. The molecule has 78 valence electrons. The van der Waals surface area contributed by atoms with Gasteiger partial charge in [-0.1, -0.05) is 12.1 Å². The smallest absolute Gasteiger partial charge is 0.126 e. The molecule has 0 aliphatic heterocycles. The molecule has 1 aromatic rings. The van der Waals surface area contributed by atoms with Crippen LogP contribution in [0.3, 0.4) is 0 Å². The van der Waals surface area contributed by atoms with Crippen molar-refractivity contribution in [1.29, 1.82) is 0 Å². The number of halogens is 1. The highest BCUT2D eigenvalue weighted by Gasteiger charge is 2.16. The SMILES string of the molecule is COC(C)C(O)c1ccc(F)c(C)c1. The van der Waals surface area contributed by atoms with E-state index in [1.54, 1.807) is 26.0 Å². The second-order valence-electron chi connectivity index (χ2n) is 3.39. The molecule has 0 fully saturated rings. The molecule has 0 aliphatic carbocycles. The molecular formula is C11H15FO2. The van der Waals surface area contributed by atoms with Crippen molar-refractivity contribution < 1.29 is 14.2 Å². The Hall–Kier alpha value is -0.930. The summed E-state index contributed by atoms with van der Waals surface area (Å²) in [7, 11) is 1.53. The average molecular weight is 198 g/mol. The van der Waals surface area contributed by atoms with Gasteiger partial charge in [-0.25, -0.2) is 4.39 Å². The lowest BCUT2D eigenvalue weighted by atomic mass is 10.0. The van der Waals surface area contributed by atoms with Gasteiger partial charge in [0.25, 0.3) is 0 Å². The third-order valence-electron chi connectivity index (χ3n) is 2.34. The first-order valence-electron chi connectivity index (χ1n) is 4.53. The van der Waals surface area contributed by atoms with Gasteiger partial charge in [-0.05, 0) is 31.0 Å². The monoisotopic (exact) mass is 198 g/mol. The molecule has 1 aromatic carbocycles. The van der Waals surface area contributed by atoms with Gasteiger partial charge in [-0.2, -0.15) is 0 Å². The average Bonchev–Trinajstić information content (AvgIpc) is 2.20. The van der Waals surface area contributed by atoms with Gasteiger partial charge in [0.2, 0.25) is 0 Å². The number of rotatable bonds is 3. The first kappa shape index (κ1) is 11.1. The molecule has 1 rings (SSSR count). The molecule has 2 atom stereocenters. The predicted molar refractivity (Wildman–Crippen MR) is 52.6 cm³/mol. The van der Waals surface area contributed by atoms with E-state index in [1.165, 1.54) is 13.2 Å². The quantitative estimate of drug-likeness (QED) is 0.806. The highest BCUT2D eigenvalue weighted by Crippen LogP contribution is 2.20. The molecule has 0 radical (unpaired) electrons. The lowest BCUT2D eigenvalue weighted by molar-refractivity contribution is -0.00148. The van der Waals surface area contributed by atoms with Crippen LogP contribution in [0.4, 0.5) is 4.39 Å². The molecule has 0 aromatic heterocycles. The summed E-state index contributed by atoms with van der Waals surface area (Å²) >= 11 is 0. The van der Waals surface area contributed by atoms with Crippen molar-refractivity contribution in [1.82, 2.24) is 0 Å². The number of aliphatic hydroxyl groups excluding tert-OH is 1. The van der Waals surface area contributed by atoms with Gasteiger partial charge in [-0.3, -0.25) is 0 Å². The van der Waals surface area contributed by atoms with E-state index in [0.29, 0.717) is 11.1 Å². The van der Waals surface area contributed by atoms with Crippen molar-refractivity contribution in [2.45, 2.75) is 26.1 Å². The first-order chi connectivity index (χ1) is 6.56. The van der Waals surface area contributed by atoms with E-state index in [9.17, 15) is 9.50 Å². The van der Waals surface area contributed by atoms with Crippen molar-refractivity contribution in [2.24, 2.45) is 0 Å². The second-order valence-corrected chi connectivity index (χ2v) is 3.39. The van der Waals surface area contributed by atoms with Crippen LogP contribution in [0.5, 0.6) is 0 Å². The Morgan fingerprint density at radius 3 is 2.57 bits per heavy atom. The maximum Gasteiger partial charge on any atom is 0.126 e. The number of hydrogen-bond donors (Lipinski definition) is 1. The van der Waals surface area contributed by atoms with Gasteiger partial charge in [0.15, 0.2) is 0 Å². The third-order valence-corrected chi connectivity index (χ3v) is 2.34. The fraction of sp³-hybridized carbons (Fsp3) is 0.455. The Morgan fingerprint density at radius 2 is 2.07 bits per heavy atom. The van der Waals surface area contributed by atoms with E-state index in [1.807, 2.05) is 0 Å². The second kappa shape index (κ2) is 4.53. The summed E-state index contributed by atoms with van der Waals surface area (Å²) in [6.45, 7) is 3.44. The maximum absolute atomic E-state index is 12.9. The minimum Gasteiger partial charge on any atom is -0.386 e. The fourth-order valence-electron chi connectivity index (χ4n) is 1.25. The Labute approximate surface area is 83.3 Å². The van der Waals surface area contributed by atoms with E-state index in [0.717, 1.165) is 0 Å². The minimum atomic E-state index is -0.709. The van der Waals surface area contributed by atoms with Crippen LogP contribution in [0.25, 0.3) is 0 Å². The number of ether oxygens (including phenoxy) is 1. The van der Waals surface area contributed by atoms with Crippen LogP contribution in [0.2, 0.25) is 0 Å². The number of methoxy groups -OCH3 is 1. The van der Waals surface area contributed by atoms with Gasteiger partial charge in [0.1, 0.15) is 11.9 Å². The summed E-state index contributed by atoms with van der Waals surface area (Å²) in [5.41, 5.74) is 1.21. The van der Waals surface area contributed by atoms with Gasteiger partial charge >= 0.3 is 0 Å². The molecule has 14 heavy (non-hydrogen) atoms. The third kappa shape index (κ3) is 2.30. The van der Waals surface area contributed by atoms with E-state index in [-0.39, 0.29) is 11.9 Å². The van der Waals surface area contributed by atoms with E-state index < -0.39 is 6.10 Å². The number of aliphatic hydroxyl groups is 1. The van der Waals surface area contributed by atoms with Gasteiger partial charge in [0, 0.05) is 7.11 Å². The maximum atomic E-state index is 12.9. The van der Waals surface area contributed by atoms with E-state index >= 15 is 0 Å². The number of hydrogen-bond acceptors (Lipinski definition) is 2. The summed E-state index contributed by atoms with van der Waals surface area (Å²) in [5, 5.41) is 9.76. The summed E-state index contributed by atoms with van der Waals surface area (Å²) in [4.78, 5) is 0. The van der Waals surface area contributed by atoms with Crippen LogP contribution >= 0.6 is 0 Å². The fourth-order valence-corrected chi connectivity index (χ4v) is 1.25. The Bertz CT molecular complexity index is 312. The zero-order chi connectivity index (χ0) is 10.7. The molecule has 0 aliphatic rings. The molecule has 0 heterocycles. The zero-order valence-corrected chi connectivity index (χ0v) is 8.62. The normalized spacial score (nSPS) is 15.2. The molecule has 1 N–H and O–H groups in total. The largest absolute Gasteiger partial charge is 0.386 e. The number of aryl methyl sites for hydroxylation is 1. The van der Waals surface area contributed by atoms with Crippen LogP contribution in [0, 0.1) is 12.7 Å². The molecule has 2 nitrogen and oxygen atoms in total. The lowest BCUT2D eigenvalue weighted by Gasteiger charge is -2.18. The van der Waals surface area contributed by atoms with E-state index in [4.69, 9.17) is 4.74 Å². The van der Waals surface area contributed by atoms with Gasteiger partial charge in [0.05, 0.1) is 6.10 Å². The van der Waals surface area contributed by atoms with Crippen molar-refractivity contribution >= 4 is 0 Å². The highest BCUT2D eigenvalue weighted by molar-refractivity contribution is 5.26. The van der Waals surface area contributed by atoms with Crippen molar-refractivity contribution in [3.63, 3.8) is 0 Å². The van der Waals surface area contributed by atoms with Crippen LogP contribution < -0.4 is 0 Å². The summed E-state index contributed by atoms with van der Waals surface area (Å²) in [6, 6.07) is 4.56. The molecule has 2 unspecified atom stereocenters. The highest BCUT2D eigenvalue weighted by atomic mass is 19.1. The van der Waals surface area contributed by atoms with Crippen LogP contribution in [-0.4, -0.2) is 18.3 Å². The Kier molecular flexibility index (Phi) is 3.61. The van der Waals surface area contributed by atoms with Crippen LogP contribution in [0.15, 0.2) is 18.2 Å². The van der Waals surface area contributed by atoms with Crippen molar-refractivity contribution in [3.05, 3.63) is 35.1 Å². The summed E-state index contributed by atoms with van der Waals surface area (Å²) in [6.07, 6.45) is -1.00. The van der Waals surface area contributed by atoms with Gasteiger partial charge < -0.3 is 9.84 Å². The first-order valence-corrected chi connectivity index (χ1v) is 4.53. The minimum absolute atomic E-state index is 0.258. The molecular weight excluding hydrogens is 183 g/mol. The Morgan fingerprint density at radius 1 is 1.43 bits per heavy atom. The van der Waals surface area contributed by atoms with Crippen molar-refractivity contribution in [2.75, 3.05) is 7.11 Å². The molecule has 0 saturated heterocycles. The van der Waals surface area contributed by atoms with Crippen LogP contribution in [0.1, 0.15) is 24.2 Å². The number of benzene rings is 1. The van der Waals surface area contributed by atoms with E-state index in [2.05, 4.69) is 0 Å². The summed E-state index contributed by atoms with van der Waals surface area (Å²) < 4.78 is 17.9. The predicted octanol–water partition coefficient (Wildman–Crippen LogP) is 2.20. The molecule has 0 saturated carbocycles. The van der Waals surface area contributed by atoms with Gasteiger partial charge in [-0.15, -0.1) is 0 Å². The Balaban J connectivity index is 2.91. The summed E-state index contributed by atoms with van der Waals surface area (Å²) in [5.74, 6) is -0.258. The molecule has 0 bridgehead atoms. The van der Waals surface area contributed by atoms with Crippen molar-refractivity contribution in [3.8, 4) is 0 Å². The molecule has 3 heteroatoms. The molecule has 0 spiro atoms. The van der Waals surface area contributed by atoms with Crippen LogP contribution in [-0.2, 0) is 4.74 Å². The topological polar surface area (TPSA) is 29.5 Å². The molecule has 0 amide bonds.